The number of alkyl halides is 1. The first-order valence-electron chi connectivity index (χ1n) is 4.37. The zero-order chi connectivity index (χ0) is 11.6. The molecule has 1 heterocycles. The number of aliphatic carboxylic acids is 1. The normalized spacial score (nSPS) is 20.5. The maximum Gasteiger partial charge on any atom is 0.323 e. The molecule has 0 spiro atoms. The monoisotopic (exact) mass is 277 g/mol. The summed E-state index contributed by atoms with van der Waals surface area (Å²) in [6, 6.07) is 0. The Morgan fingerprint density at radius 3 is 2.80 bits per heavy atom. The van der Waals surface area contributed by atoms with Crippen LogP contribution in [0.25, 0.3) is 0 Å². The fraction of sp³-hybridized carbons (Fsp3) is 0.625. The maximum absolute atomic E-state index is 11.4. The maximum atomic E-state index is 11.4. The molecule has 0 aromatic carbocycles. The number of nitrogens with one attached hydrogen (secondary N) is 1. The molecule has 0 aromatic heterocycles. The van der Waals surface area contributed by atoms with E-state index in [4.69, 9.17) is 10.5 Å². The van der Waals surface area contributed by atoms with Gasteiger partial charge in [-0.25, -0.2) is 0 Å². The number of halogens is 1. The van der Waals surface area contributed by atoms with E-state index in [0.717, 1.165) is 0 Å². The lowest BCUT2D eigenvalue weighted by atomic mass is 10.4. The van der Waals surface area contributed by atoms with Crippen molar-refractivity contribution >= 4 is 33.8 Å². The molecule has 1 aliphatic heterocycles. The van der Waals surface area contributed by atoms with Crippen LogP contribution in [-0.4, -0.2) is 57.7 Å². The van der Waals surface area contributed by atoms with Gasteiger partial charge >= 0.3 is 5.97 Å². The average Bonchev–Trinajstić information content (AvgIpc) is 2.42. The van der Waals surface area contributed by atoms with Gasteiger partial charge in [0.15, 0.2) is 0 Å². The summed E-state index contributed by atoms with van der Waals surface area (Å²) in [6.07, 6.45) is 0.350. The summed E-state index contributed by atoms with van der Waals surface area (Å²) < 4.78 is 0. The highest BCUT2D eigenvalue weighted by Gasteiger charge is 2.32. The Bertz CT molecular complexity index is 308. The second kappa shape index (κ2) is 4.61. The van der Waals surface area contributed by atoms with E-state index >= 15 is 0 Å². The molecule has 1 amide bonds. The highest BCUT2D eigenvalue weighted by atomic mass is 79.9. The lowest BCUT2D eigenvalue weighted by molar-refractivity contribution is -0.137. The minimum Gasteiger partial charge on any atom is -0.480 e. The van der Waals surface area contributed by atoms with E-state index in [-0.39, 0.29) is 23.2 Å². The quantitative estimate of drug-likeness (QED) is 0.421. The zero-order valence-electron chi connectivity index (χ0n) is 8.23. The number of hydrogen-bond donors (Lipinski definition) is 2. The van der Waals surface area contributed by atoms with E-state index in [1.54, 1.807) is 0 Å². The molecule has 1 atom stereocenters. The molecule has 0 radical (unpaired) electrons. The number of carboxylic acid groups (broad SMARTS) is 1. The van der Waals surface area contributed by atoms with Crippen LogP contribution >= 0.6 is 15.9 Å². The van der Waals surface area contributed by atoms with Crippen LogP contribution in [0.5, 0.6) is 0 Å². The van der Waals surface area contributed by atoms with Crippen LogP contribution in [0.3, 0.4) is 0 Å². The van der Waals surface area contributed by atoms with Crippen molar-refractivity contribution in [2.24, 2.45) is 0 Å². The van der Waals surface area contributed by atoms with E-state index in [1.165, 1.54) is 16.8 Å². The molecule has 1 rings (SSSR count). The number of rotatable bonds is 2. The summed E-state index contributed by atoms with van der Waals surface area (Å²) >= 11 is 3.29. The Balaban J connectivity index is 2.60. The van der Waals surface area contributed by atoms with Gasteiger partial charge in [-0.1, -0.05) is 15.9 Å². The number of likely N-dealkylation sites (tertiary alicyclic amines) is 1. The summed E-state index contributed by atoms with van der Waals surface area (Å²) in [7, 11) is 1.48. The number of amides is 1. The summed E-state index contributed by atoms with van der Waals surface area (Å²) in [4.78, 5) is 24.4. The Hall–Kier alpha value is -1.11. The van der Waals surface area contributed by atoms with Crippen LogP contribution in [0.1, 0.15) is 6.42 Å². The molecule has 7 heteroatoms. The number of carbonyl (C=O) groups is 2. The summed E-state index contributed by atoms with van der Waals surface area (Å²) in [5, 5.41) is 16.2. The van der Waals surface area contributed by atoms with Crippen molar-refractivity contribution < 1.29 is 14.7 Å². The first kappa shape index (κ1) is 12.0. The van der Waals surface area contributed by atoms with Crippen molar-refractivity contribution in [2.75, 3.05) is 20.1 Å². The fourth-order valence-corrected chi connectivity index (χ4v) is 1.92. The molecular formula is C8H12BrN3O3. The first-order valence-corrected chi connectivity index (χ1v) is 5.29. The van der Waals surface area contributed by atoms with E-state index in [9.17, 15) is 9.59 Å². The van der Waals surface area contributed by atoms with Crippen LogP contribution in [0.4, 0.5) is 0 Å². The molecule has 1 unspecified atom stereocenters. The summed E-state index contributed by atoms with van der Waals surface area (Å²) in [5.74, 6) is -1.24. The number of carbonyl (C=O) groups excluding carboxylic acids is 1. The molecule has 0 saturated carbocycles. The number of likely N-dealkylation sites (N-methyl/N-ethyl adjacent to an activating group) is 1. The van der Waals surface area contributed by atoms with Crippen molar-refractivity contribution in [3.63, 3.8) is 0 Å². The van der Waals surface area contributed by atoms with Gasteiger partial charge in [0, 0.05) is 24.8 Å². The van der Waals surface area contributed by atoms with Crippen LogP contribution in [0.15, 0.2) is 0 Å². The van der Waals surface area contributed by atoms with Gasteiger partial charge in [0.25, 0.3) is 0 Å². The largest absolute Gasteiger partial charge is 0.480 e. The molecule has 1 saturated heterocycles. The second-order valence-electron chi connectivity index (χ2n) is 3.38. The molecule has 1 aliphatic rings. The molecule has 6 nitrogen and oxygen atoms in total. The molecule has 1 fully saturated rings. The summed E-state index contributed by atoms with van der Waals surface area (Å²) in [5.41, 5.74) is 0. The van der Waals surface area contributed by atoms with Crippen molar-refractivity contribution in [3.05, 3.63) is 0 Å². The predicted octanol–water partition coefficient (Wildman–Crippen LogP) is -0.0666. The van der Waals surface area contributed by atoms with Crippen LogP contribution < -0.4 is 0 Å². The fourth-order valence-electron chi connectivity index (χ4n) is 1.35. The second-order valence-corrected chi connectivity index (χ2v) is 4.67. The van der Waals surface area contributed by atoms with Crippen molar-refractivity contribution in [1.82, 2.24) is 9.80 Å². The van der Waals surface area contributed by atoms with Gasteiger partial charge < -0.3 is 10.0 Å². The average molecular weight is 278 g/mol. The van der Waals surface area contributed by atoms with Gasteiger partial charge in [0.05, 0.1) is 0 Å². The molecule has 0 aliphatic carbocycles. The Morgan fingerprint density at radius 2 is 2.40 bits per heavy atom. The SMILES string of the molecule is CN(CC(=O)O)C(=N)N1CC(Br)CC1=O. The summed E-state index contributed by atoms with van der Waals surface area (Å²) in [6.45, 7) is 0.136. The minimum atomic E-state index is -1.02. The molecule has 0 bridgehead atoms. The first-order chi connectivity index (χ1) is 6.91. The molecule has 15 heavy (non-hydrogen) atoms. The predicted molar refractivity (Wildman–Crippen MR) is 57.0 cm³/mol. The molecule has 84 valence electrons. The third-order valence-electron chi connectivity index (χ3n) is 2.07. The van der Waals surface area contributed by atoms with Crippen LogP contribution in [-0.2, 0) is 9.59 Å². The van der Waals surface area contributed by atoms with Gasteiger partial charge in [-0.3, -0.25) is 19.9 Å². The van der Waals surface area contributed by atoms with Gasteiger partial charge in [0.1, 0.15) is 6.54 Å². The highest BCUT2D eigenvalue weighted by Crippen LogP contribution is 2.18. The number of guanidine groups is 1. The van der Waals surface area contributed by atoms with Crippen molar-refractivity contribution in [1.29, 1.82) is 5.41 Å². The number of hydrogen-bond acceptors (Lipinski definition) is 3. The lowest BCUT2D eigenvalue weighted by Gasteiger charge is -2.24. The van der Waals surface area contributed by atoms with Crippen LogP contribution in [0, 0.1) is 5.41 Å². The number of nitrogens with zero attached hydrogens (tertiary/aromatic N) is 2. The van der Waals surface area contributed by atoms with Crippen LogP contribution in [0.2, 0.25) is 0 Å². The Kier molecular flexibility index (Phi) is 3.67. The smallest absolute Gasteiger partial charge is 0.323 e. The topological polar surface area (TPSA) is 84.7 Å². The van der Waals surface area contributed by atoms with E-state index in [0.29, 0.717) is 13.0 Å². The van der Waals surface area contributed by atoms with Crippen molar-refractivity contribution in [3.8, 4) is 0 Å². The van der Waals surface area contributed by atoms with Gasteiger partial charge in [-0.15, -0.1) is 0 Å². The van der Waals surface area contributed by atoms with Gasteiger partial charge in [0.2, 0.25) is 11.9 Å². The van der Waals surface area contributed by atoms with Gasteiger partial charge in [-0.2, -0.15) is 0 Å². The Labute approximate surface area is 95.5 Å². The van der Waals surface area contributed by atoms with E-state index in [2.05, 4.69) is 15.9 Å². The van der Waals surface area contributed by atoms with Crippen molar-refractivity contribution in [2.45, 2.75) is 11.2 Å². The number of carboxylic acids is 1. The third kappa shape index (κ3) is 2.92. The third-order valence-corrected chi connectivity index (χ3v) is 2.68. The van der Waals surface area contributed by atoms with E-state index in [1.807, 2.05) is 0 Å². The zero-order valence-corrected chi connectivity index (χ0v) is 9.82. The molecule has 0 aromatic rings. The molecule has 2 N–H and O–H groups in total. The Morgan fingerprint density at radius 1 is 1.80 bits per heavy atom. The minimum absolute atomic E-state index is 0.0450. The van der Waals surface area contributed by atoms with Gasteiger partial charge in [-0.05, 0) is 0 Å². The standard InChI is InChI=1S/C8H12BrN3O3/c1-11(4-7(14)15)8(10)12-3-5(9)2-6(12)13/h5,10H,2-4H2,1H3,(H,14,15). The molecular weight excluding hydrogens is 266 g/mol. The van der Waals surface area contributed by atoms with E-state index < -0.39 is 5.97 Å². The lowest BCUT2D eigenvalue weighted by Crippen LogP contribution is -2.44. The highest BCUT2D eigenvalue weighted by molar-refractivity contribution is 9.09.